The molecule has 0 N–H and O–H groups in total. The van der Waals surface area contributed by atoms with Gasteiger partial charge in [-0.3, -0.25) is 4.57 Å². The van der Waals surface area contributed by atoms with Crippen molar-refractivity contribution in [3.8, 4) is 5.75 Å². The van der Waals surface area contributed by atoms with Crippen molar-refractivity contribution >= 4 is 26.4 Å². The summed E-state index contributed by atoms with van der Waals surface area (Å²) in [4.78, 5) is 0. The largest absolute Gasteiger partial charge is 0.494 e. The zero-order valence-electron chi connectivity index (χ0n) is 11.1. The predicted molar refractivity (Wildman–Crippen MR) is 87.9 cm³/mol. The van der Waals surface area contributed by atoms with E-state index in [1.807, 2.05) is 49.4 Å². The molecule has 2 aromatic rings. The minimum atomic E-state index is -3.00. The topological polar surface area (TPSA) is 35.5 Å². The standard InChI is InChI=1S/C15H17O3P.BH3/c1-3-18-13-9-11-15(12-10-13)19(16,17-2)14-7-5-4-6-8-14;/h4-12H,3H2,1-2H3;1H3. The molecule has 0 fully saturated rings. The first-order valence-electron chi connectivity index (χ1n) is 6.15. The molecule has 0 aliphatic rings. The normalized spacial score (nSPS) is 13.1. The van der Waals surface area contributed by atoms with Gasteiger partial charge in [-0.1, -0.05) is 18.2 Å². The van der Waals surface area contributed by atoms with Gasteiger partial charge in [0.25, 0.3) is 7.37 Å². The van der Waals surface area contributed by atoms with Crippen LogP contribution in [0, 0.1) is 0 Å². The van der Waals surface area contributed by atoms with Crippen LogP contribution in [0.1, 0.15) is 6.92 Å². The molecule has 0 spiro atoms. The molecule has 0 heterocycles. The van der Waals surface area contributed by atoms with Crippen molar-refractivity contribution in [2.24, 2.45) is 0 Å². The second kappa shape index (κ2) is 7.32. The predicted octanol–water partition coefficient (Wildman–Crippen LogP) is 1.78. The molecular weight excluding hydrogens is 270 g/mol. The highest BCUT2D eigenvalue weighted by Gasteiger charge is 2.26. The molecule has 2 aromatic carbocycles. The van der Waals surface area contributed by atoms with Gasteiger partial charge in [0.1, 0.15) is 5.75 Å². The van der Waals surface area contributed by atoms with Crippen molar-refractivity contribution < 1.29 is 13.8 Å². The Morgan fingerprint density at radius 3 is 2.00 bits per heavy atom. The van der Waals surface area contributed by atoms with Crippen molar-refractivity contribution in [2.45, 2.75) is 6.92 Å². The summed E-state index contributed by atoms with van der Waals surface area (Å²) in [6.45, 7) is 2.54. The van der Waals surface area contributed by atoms with Crippen molar-refractivity contribution in [2.75, 3.05) is 13.7 Å². The molecule has 1 unspecified atom stereocenters. The van der Waals surface area contributed by atoms with E-state index in [-0.39, 0.29) is 8.41 Å². The summed E-state index contributed by atoms with van der Waals surface area (Å²) in [6.07, 6.45) is 0. The first-order chi connectivity index (χ1) is 9.20. The molecule has 0 amide bonds. The van der Waals surface area contributed by atoms with E-state index in [9.17, 15) is 4.57 Å². The average molecular weight is 290 g/mol. The minimum Gasteiger partial charge on any atom is -0.494 e. The summed E-state index contributed by atoms with van der Waals surface area (Å²) in [5.41, 5.74) is 0. The molecule has 5 heteroatoms. The third-order valence-corrected chi connectivity index (χ3v) is 5.31. The molecule has 2 rings (SSSR count). The average Bonchev–Trinajstić information content (AvgIpc) is 2.48. The highest BCUT2D eigenvalue weighted by atomic mass is 31.2. The lowest BCUT2D eigenvalue weighted by molar-refractivity contribution is 0.340. The molecule has 3 nitrogen and oxygen atoms in total. The second-order valence-electron chi connectivity index (χ2n) is 4.00. The smallest absolute Gasteiger partial charge is 0.261 e. The highest BCUT2D eigenvalue weighted by molar-refractivity contribution is 7.74. The maximum Gasteiger partial charge on any atom is 0.261 e. The van der Waals surface area contributed by atoms with E-state index < -0.39 is 7.37 Å². The fourth-order valence-electron chi connectivity index (χ4n) is 1.89. The summed E-state index contributed by atoms with van der Waals surface area (Å²) in [7, 11) is -1.52. The zero-order valence-corrected chi connectivity index (χ0v) is 12.0. The van der Waals surface area contributed by atoms with Gasteiger partial charge in [-0.2, -0.15) is 0 Å². The van der Waals surface area contributed by atoms with Crippen LogP contribution in [0.3, 0.4) is 0 Å². The van der Waals surface area contributed by atoms with Crippen molar-refractivity contribution in [1.82, 2.24) is 0 Å². The van der Waals surface area contributed by atoms with E-state index in [0.717, 1.165) is 5.75 Å². The van der Waals surface area contributed by atoms with Gasteiger partial charge in [-0.05, 0) is 43.3 Å². The fourth-order valence-corrected chi connectivity index (χ4v) is 3.72. The molecule has 20 heavy (non-hydrogen) atoms. The number of ether oxygens (including phenoxy) is 1. The molecule has 1 atom stereocenters. The van der Waals surface area contributed by atoms with Gasteiger partial charge in [-0.25, -0.2) is 0 Å². The van der Waals surface area contributed by atoms with Crippen LogP contribution in [-0.4, -0.2) is 22.1 Å². The molecule has 0 aromatic heterocycles. The Morgan fingerprint density at radius 2 is 1.50 bits per heavy atom. The number of hydrogen-bond acceptors (Lipinski definition) is 3. The molecule has 0 aliphatic carbocycles. The number of hydrogen-bond donors (Lipinski definition) is 0. The first kappa shape index (κ1) is 16.5. The Labute approximate surface area is 122 Å². The van der Waals surface area contributed by atoms with Crippen LogP contribution in [0.5, 0.6) is 5.75 Å². The van der Waals surface area contributed by atoms with E-state index in [4.69, 9.17) is 9.26 Å². The van der Waals surface area contributed by atoms with E-state index in [0.29, 0.717) is 17.2 Å². The second-order valence-corrected chi connectivity index (χ2v) is 6.50. The van der Waals surface area contributed by atoms with Crippen molar-refractivity contribution in [3.63, 3.8) is 0 Å². The molecule has 0 aliphatic heterocycles. The maximum atomic E-state index is 13.0. The molecular formula is C15H20BO3P. The molecule has 0 saturated carbocycles. The van der Waals surface area contributed by atoms with Gasteiger partial charge in [0, 0.05) is 17.7 Å². The van der Waals surface area contributed by atoms with Crippen LogP contribution in [0.2, 0.25) is 0 Å². The maximum absolute atomic E-state index is 13.0. The Kier molecular flexibility index (Phi) is 6.06. The quantitative estimate of drug-likeness (QED) is 0.622. The van der Waals surface area contributed by atoms with E-state index in [1.54, 1.807) is 12.1 Å². The zero-order chi connectivity index (χ0) is 13.7. The van der Waals surface area contributed by atoms with Crippen LogP contribution in [0.25, 0.3) is 0 Å². The summed E-state index contributed by atoms with van der Waals surface area (Å²) in [5, 5.41) is 1.37. The number of benzene rings is 2. The minimum absolute atomic E-state index is 0. The highest BCUT2D eigenvalue weighted by Crippen LogP contribution is 2.43. The molecule has 106 valence electrons. The summed E-state index contributed by atoms with van der Waals surface area (Å²) >= 11 is 0. The van der Waals surface area contributed by atoms with Gasteiger partial charge >= 0.3 is 0 Å². The Morgan fingerprint density at radius 1 is 0.950 bits per heavy atom. The summed E-state index contributed by atoms with van der Waals surface area (Å²) < 4.78 is 23.7. The van der Waals surface area contributed by atoms with Crippen LogP contribution in [0.4, 0.5) is 0 Å². The van der Waals surface area contributed by atoms with E-state index in [2.05, 4.69) is 0 Å². The Balaban J connectivity index is 0.00000200. The van der Waals surface area contributed by atoms with Crippen molar-refractivity contribution in [3.05, 3.63) is 54.6 Å². The third-order valence-electron chi connectivity index (χ3n) is 2.84. The first-order valence-corrected chi connectivity index (χ1v) is 7.78. The lowest BCUT2D eigenvalue weighted by atomic mass is 10.3. The van der Waals surface area contributed by atoms with Gasteiger partial charge in [0.2, 0.25) is 0 Å². The van der Waals surface area contributed by atoms with Gasteiger partial charge in [0.05, 0.1) is 15.0 Å². The Hall–Kier alpha value is -1.51. The monoisotopic (exact) mass is 290 g/mol. The van der Waals surface area contributed by atoms with E-state index >= 15 is 0 Å². The summed E-state index contributed by atoms with van der Waals surface area (Å²) in [6, 6.07) is 16.5. The molecule has 0 saturated heterocycles. The van der Waals surface area contributed by atoms with Crippen LogP contribution < -0.4 is 15.3 Å². The molecule has 0 radical (unpaired) electrons. The third kappa shape index (κ3) is 3.33. The lowest BCUT2D eigenvalue weighted by Crippen LogP contribution is -2.16. The Bertz CT molecular complexity index is 569. The number of rotatable bonds is 5. The van der Waals surface area contributed by atoms with Gasteiger partial charge < -0.3 is 9.26 Å². The van der Waals surface area contributed by atoms with Gasteiger partial charge in [0.15, 0.2) is 0 Å². The van der Waals surface area contributed by atoms with Crippen molar-refractivity contribution in [1.29, 1.82) is 0 Å². The van der Waals surface area contributed by atoms with Crippen LogP contribution >= 0.6 is 7.37 Å². The fraction of sp³-hybridized carbons (Fsp3) is 0.200. The van der Waals surface area contributed by atoms with E-state index in [1.165, 1.54) is 7.11 Å². The molecule has 0 bridgehead atoms. The SMILES string of the molecule is B.CCOc1ccc(P(=O)(OC)c2ccccc2)cc1. The lowest BCUT2D eigenvalue weighted by Gasteiger charge is -2.17. The van der Waals surface area contributed by atoms with Crippen LogP contribution in [0.15, 0.2) is 54.6 Å². The summed E-state index contributed by atoms with van der Waals surface area (Å²) in [5.74, 6) is 0.766. The van der Waals surface area contributed by atoms with Crippen LogP contribution in [-0.2, 0) is 9.09 Å². The van der Waals surface area contributed by atoms with Gasteiger partial charge in [-0.15, -0.1) is 0 Å².